The molecule has 2 amide bonds. The number of carbonyl (C=O) groups excluding carboxylic acids is 2. The summed E-state index contributed by atoms with van der Waals surface area (Å²) in [5, 5.41) is 0. The number of rotatable bonds is 7. The Bertz CT molecular complexity index is 539. The van der Waals surface area contributed by atoms with Gasteiger partial charge in [0.25, 0.3) is 5.91 Å². The molecule has 2 N–H and O–H groups in total. The Hall–Kier alpha value is -2.04. The number of benzene rings is 1. The van der Waals surface area contributed by atoms with Crippen LogP contribution in [-0.4, -0.2) is 18.4 Å². The smallest absolute Gasteiger partial charge is 0.276 e. The third-order valence-electron chi connectivity index (χ3n) is 4.53. The predicted octanol–water partition coefficient (Wildman–Crippen LogP) is 3.27. The third-order valence-corrected chi connectivity index (χ3v) is 4.53. The van der Waals surface area contributed by atoms with Crippen LogP contribution >= 0.6 is 0 Å². The van der Waals surface area contributed by atoms with Crippen molar-refractivity contribution in [3.63, 3.8) is 0 Å². The molecule has 132 valence electrons. The van der Waals surface area contributed by atoms with E-state index in [1.54, 1.807) is 0 Å². The Morgan fingerprint density at radius 1 is 1.08 bits per heavy atom. The topological polar surface area (TPSA) is 67.4 Å². The van der Waals surface area contributed by atoms with Crippen molar-refractivity contribution in [3.05, 3.63) is 29.8 Å². The average Bonchev–Trinajstić information content (AvgIpc) is 2.60. The van der Waals surface area contributed by atoms with E-state index in [2.05, 4.69) is 10.9 Å². The number of hydrogen-bond donors (Lipinski definition) is 2. The van der Waals surface area contributed by atoms with Crippen LogP contribution in [0.4, 0.5) is 0 Å². The number of aryl methyl sites for hydroxylation is 1. The van der Waals surface area contributed by atoms with Crippen molar-refractivity contribution in [2.45, 2.75) is 58.3 Å². The quantitative estimate of drug-likeness (QED) is 0.753. The van der Waals surface area contributed by atoms with Crippen LogP contribution in [-0.2, 0) is 9.59 Å². The van der Waals surface area contributed by atoms with Crippen molar-refractivity contribution >= 4 is 11.8 Å². The summed E-state index contributed by atoms with van der Waals surface area (Å²) in [6.45, 7) is 1.80. The molecule has 0 radical (unpaired) electrons. The van der Waals surface area contributed by atoms with Gasteiger partial charge in [-0.15, -0.1) is 0 Å². The zero-order valence-electron chi connectivity index (χ0n) is 14.5. The molecule has 2 rings (SSSR count). The minimum atomic E-state index is -0.362. The molecule has 1 aliphatic carbocycles. The molecular formula is C19H28N2O3. The molecule has 1 aromatic rings. The van der Waals surface area contributed by atoms with Crippen LogP contribution in [0, 0.1) is 12.8 Å². The summed E-state index contributed by atoms with van der Waals surface area (Å²) in [6.07, 6.45) is 9.05. The molecule has 5 nitrogen and oxygen atoms in total. The zero-order valence-corrected chi connectivity index (χ0v) is 14.5. The van der Waals surface area contributed by atoms with Crippen LogP contribution in [0.15, 0.2) is 24.3 Å². The van der Waals surface area contributed by atoms with Gasteiger partial charge < -0.3 is 4.74 Å². The van der Waals surface area contributed by atoms with Gasteiger partial charge in [0, 0.05) is 6.42 Å². The fourth-order valence-electron chi connectivity index (χ4n) is 3.13. The van der Waals surface area contributed by atoms with Gasteiger partial charge in [0.1, 0.15) is 5.75 Å². The lowest BCUT2D eigenvalue weighted by Gasteiger charge is -2.21. The Morgan fingerprint density at radius 3 is 2.54 bits per heavy atom. The van der Waals surface area contributed by atoms with Crippen molar-refractivity contribution in [1.29, 1.82) is 0 Å². The fraction of sp³-hybridized carbons (Fsp3) is 0.579. The largest absolute Gasteiger partial charge is 0.483 e. The van der Waals surface area contributed by atoms with E-state index in [1.807, 2.05) is 31.2 Å². The molecule has 0 aliphatic heterocycles. The molecule has 0 unspecified atom stereocenters. The summed E-state index contributed by atoms with van der Waals surface area (Å²) >= 11 is 0. The van der Waals surface area contributed by atoms with E-state index in [1.165, 1.54) is 32.1 Å². The second-order valence-electron chi connectivity index (χ2n) is 6.55. The summed E-state index contributed by atoms with van der Waals surface area (Å²) < 4.78 is 5.43. The van der Waals surface area contributed by atoms with Crippen LogP contribution < -0.4 is 15.6 Å². The Balaban J connectivity index is 1.55. The predicted molar refractivity (Wildman–Crippen MR) is 93.4 cm³/mol. The van der Waals surface area contributed by atoms with Gasteiger partial charge in [-0.3, -0.25) is 20.4 Å². The Morgan fingerprint density at radius 2 is 1.79 bits per heavy atom. The first-order valence-electron chi connectivity index (χ1n) is 8.91. The van der Waals surface area contributed by atoms with Gasteiger partial charge in [0.2, 0.25) is 5.91 Å². The van der Waals surface area contributed by atoms with E-state index in [0.29, 0.717) is 12.2 Å². The summed E-state index contributed by atoms with van der Waals surface area (Å²) in [7, 11) is 0. The highest BCUT2D eigenvalue weighted by Crippen LogP contribution is 2.27. The Labute approximate surface area is 144 Å². The molecule has 0 saturated heterocycles. The first kappa shape index (κ1) is 18.3. The van der Waals surface area contributed by atoms with Crippen LogP contribution in [0.3, 0.4) is 0 Å². The molecule has 0 heterocycles. The molecule has 1 saturated carbocycles. The maximum absolute atomic E-state index is 11.8. The monoisotopic (exact) mass is 332 g/mol. The molecule has 24 heavy (non-hydrogen) atoms. The molecule has 1 aliphatic rings. The van der Waals surface area contributed by atoms with Crippen molar-refractivity contribution in [1.82, 2.24) is 10.9 Å². The highest BCUT2D eigenvalue weighted by atomic mass is 16.5. The molecule has 5 heteroatoms. The number of hydrazine groups is 1. The van der Waals surface area contributed by atoms with Gasteiger partial charge >= 0.3 is 0 Å². The number of para-hydroxylation sites is 1. The minimum absolute atomic E-state index is 0.118. The first-order valence-corrected chi connectivity index (χ1v) is 8.91. The number of hydrogen-bond acceptors (Lipinski definition) is 3. The van der Waals surface area contributed by atoms with E-state index in [-0.39, 0.29) is 18.4 Å². The van der Waals surface area contributed by atoms with Gasteiger partial charge in [0.05, 0.1) is 0 Å². The molecule has 0 atom stereocenters. The molecule has 0 aromatic heterocycles. The number of ether oxygens (including phenoxy) is 1. The molecule has 0 bridgehead atoms. The van der Waals surface area contributed by atoms with Crippen molar-refractivity contribution < 1.29 is 14.3 Å². The highest BCUT2D eigenvalue weighted by molar-refractivity contribution is 5.82. The van der Waals surface area contributed by atoms with E-state index >= 15 is 0 Å². The number of carbonyl (C=O) groups is 2. The van der Waals surface area contributed by atoms with Crippen LogP contribution in [0.1, 0.15) is 56.9 Å². The summed E-state index contributed by atoms with van der Waals surface area (Å²) in [5.74, 6) is 0.948. The number of amides is 2. The first-order chi connectivity index (χ1) is 11.6. The average molecular weight is 332 g/mol. The maximum atomic E-state index is 11.8. The second kappa shape index (κ2) is 9.96. The van der Waals surface area contributed by atoms with Crippen molar-refractivity contribution in [2.24, 2.45) is 5.92 Å². The molecule has 0 spiro atoms. The number of nitrogens with one attached hydrogen (secondary N) is 2. The Kier molecular flexibility index (Phi) is 7.59. The van der Waals surface area contributed by atoms with Gasteiger partial charge in [-0.05, 0) is 37.3 Å². The van der Waals surface area contributed by atoms with Gasteiger partial charge in [-0.2, -0.15) is 0 Å². The van der Waals surface area contributed by atoms with Crippen molar-refractivity contribution in [3.8, 4) is 5.75 Å². The lowest BCUT2D eigenvalue weighted by atomic mass is 9.86. The highest BCUT2D eigenvalue weighted by Gasteiger charge is 2.13. The van der Waals surface area contributed by atoms with E-state index in [4.69, 9.17) is 4.74 Å². The summed E-state index contributed by atoms with van der Waals surface area (Å²) in [6, 6.07) is 7.50. The summed E-state index contributed by atoms with van der Waals surface area (Å²) in [5.41, 5.74) is 5.82. The van der Waals surface area contributed by atoms with Gasteiger partial charge in [-0.1, -0.05) is 50.3 Å². The van der Waals surface area contributed by atoms with Crippen LogP contribution in [0.25, 0.3) is 0 Å². The molecule has 1 aromatic carbocycles. The lowest BCUT2D eigenvalue weighted by molar-refractivity contribution is -0.130. The van der Waals surface area contributed by atoms with Crippen molar-refractivity contribution in [2.75, 3.05) is 6.61 Å². The molecular weight excluding hydrogens is 304 g/mol. The maximum Gasteiger partial charge on any atom is 0.276 e. The summed E-state index contributed by atoms with van der Waals surface area (Å²) in [4.78, 5) is 23.5. The second-order valence-corrected chi connectivity index (χ2v) is 6.55. The minimum Gasteiger partial charge on any atom is -0.483 e. The zero-order chi connectivity index (χ0) is 17.2. The lowest BCUT2D eigenvalue weighted by Crippen LogP contribution is -2.43. The van der Waals surface area contributed by atoms with E-state index < -0.39 is 0 Å². The van der Waals surface area contributed by atoms with Crippen LogP contribution in [0.5, 0.6) is 5.75 Å². The standard InChI is InChI=1S/C19H28N2O3/c1-15-8-5-6-12-17(15)24-14-19(23)21-20-18(22)13-7-11-16-9-3-2-4-10-16/h5-6,8,12,16H,2-4,7,9-11,13-14H2,1H3,(H,20,22)(H,21,23). The van der Waals surface area contributed by atoms with Gasteiger partial charge in [-0.25, -0.2) is 0 Å². The van der Waals surface area contributed by atoms with E-state index in [0.717, 1.165) is 24.3 Å². The van der Waals surface area contributed by atoms with E-state index in [9.17, 15) is 9.59 Å². The fourth-order valence-corrected chi connectivity index (χ4v) is 3.13. The van der Waals surface area contributed by atoms with Crippen LogP contribution in [0.2, 0.25) is 0 Å². The SMILES string of the molecule is Cc1ccccc1OCC(=O)NNC(=O)CCCC1CCCCC1. The normalized spacial score (nSPS) is 14.9. The van der Waals surface area contributed by atoms with Gasteiger partial charge in [0.15, 0.2) is 6.61 Å². The molecule has 1 fully saturated rings. The third kappa shape index (κ3) is 6.60.